The van der Waals surface area contributed by atoms with E-state index in [1.807, 2.05) is 6.07 Å². The molecule has 21 heavy (non-hydrogen) atoms. The standard InChI is InChI=1S/C17H28N2O2/c1-4-18-14(3)15-7-6-8-16(11-15)21-13-17-12-19(5-2)9-10-20-17/h6-8,11,14,17-18H,4-5,9-10,12-13H2,1-3H3. The Kier molecular flexibility index (Phi) is 6.49. The Labute approximate surface area is 128 Å². The first-order valence-electron chi connectivity index (χ1n) is 8.03. The molecule has 0 amide bonds. The zero-order valence-corrected chi connectivity index (χ0v) is 13.5. The number of ether oxygens (including phenoxy) is 2. The van der Waals surface area contributed by atoms with Crippen LogP contribution in [0, 0.1) is 0 Å². The first-order valence-corrected chi connectivity index (χ1v) is 8.03. The highest BCUT2D eigenvalue weighted by molar-refractivity contribution is 5.30. The average molecular weight is 292 g/mol. The lowest BCUT2D eigenvalue weighted by Gasteiger charge is -2.31. The Hall–Kier alpha value is -1.10. The van der Waals surface area contributed by atoms with Gasteiger partial charge in [-0.25, -0.2) is 0 Å². The molecule has 0 aliphatic carbocycles. The number of likely N-dealkylation sites (N-methyl/N-ethyl adjacent to an activating group) is 1. The third-order valence-corrected chi connectivity index (χ3v) is 3.97. The summed E-state index contributed by atoms with van der Waals surface area (Å²) >= 11 is 0. The van der Waals surface area contributed by atoms with Gasteiger partial charge in [0.2, 0.25) is 0 Å². The minimum absolute atomic E-state index is 0.175. The molecule has 1 N–H and O–H groups in total. The molecule has 0 aromatic heterocycles. The van der Waals surface area contributed by atoms with Crippen molar-refractivity contribution < 1.29 is 9.47 Å². The van der Waals surface area contributed by atoms with Crippen molar-refractivity contribution in [3.63, 3.8) is 0 Å². The SMILES string of the molecule is CCNC(C)c1cccc(OCC2CN(CC)CCO2)c1. The van der Waals surface area contributed by atoms with Crippen molar-refractivity contribution in [2.45, 2.75) is 32.9 Å². The van der Waals surface area contributed by atoms with Crippen molar-refractivity contribution in [1.82, 2.24) is 10.2 Å². The van der Waals surface area contributed by atoms with Gasteiger partial charge in [-0.15, -0.1) is 0 Å². The molecule has 1 aliphatic heterocycles. The molecule has 1 fully saturated rings. The van der Waals surface area contributed by atoms with Crippen molar-refractivity contribution in [2.75, 3.05) is 39.4 Å². The molecule has 1 aliphatic rings. The minimum atomic E-state index is 0.175. The van der Waals surface area contributed by atoms with E-state index in [1.165, 1.54) is 5.56 Å². The Morgan fingerprint density at radius 3 is 3.05 bits per heavy atom. The highest BCUT2D eigenvalue weighted by Gasteiger charge is 2.19. The van der Waals surface area contributed by atoms with Gasteiger partial charge >= 0.3 is 0 Å². The maximum atomic E-state index is 5.93. The molecule has 2 unspecified atom stereocenters. The third-order valence-electron chi connectivity index (χ3n) is 3.97. The van der Waals surface area contributed by atoms with Crippen molar-refractivity contribution in [3.8, 4) is 5.75 Å². The highest BCUT2D eigenvalue weighted by atomic mass is 16.5. The molecule has 0 radical (unpaired) electrons. The first-order chi connectivity index (χ1) is 10.2. The van der Waals surface area contributed by atoms with Crippen LogP contribution in [-0.2, 0) is 4.74 Å². The Balaban J connectivity index is 1.86. The molecule has 4 nitrogen and oxygen atoms in total. The monoisotopic (exact) mass is 292 g/mol. The number of hydrogen-bond acceptors (Lipinski definition) is 4. The van der Waals surface area contributed by atoms with Crippen LogP contribution in [0.15, 0.2) is 24.3 Å². The minimum Gasteiger partial charge on any atom is -0.491 e. The zero-order valence-electron chi connectivity index (χ0n) is 13.5. The molecule has 0 spiro atoms. The van der Waals surface area contributed by atoms with E-state index in [0.29, 0.717) is 12.6 Å². The Morgan fingerprint density at radius 1 is 1.43 bits per heavy atom. The van der Waals surface area contributed by atoms with E-state index in [1.54, 1.807) is 0 Å². The van der Waals surface area contributed by atoms with Crippen LogP contribution in [0.5, 0.6) is 5.75 Å². The second-order valence-electron chi connectivity index (χ2n) is 5.55. The fraction of sp³-hybridized carbons (Fsp3) is 0.647. The molecule has 2 atom stereocenters. The van der Waals surface area contributed by atoms with Gasteiger partial charge in [0.25, 0.3) is 0 Å². The molecule has 1 aromatic rings. The van der Waals surface area contributed by atoms with Gasteiger partial charge in [0.05, 0.1) is 6.61 Å². The quantitative estimate of drug-likeness (QED) is 0.837. The lowest BCUT2D eigenvalue weighted by molar-refractivity contribution is -0.0464. The molecule has 1 heterocycles. The summed E-state index contributed by atoms with van der Waals surface area (Å²) in [5.74, 6) is 0.925. The van der Waals surface area contributed by atoms with Crippen LogP contribution in [0.1, 0.15) is 32.4 Å². The van der Waals surface area contributed by atoms with Gasteiger partial charge in [-0.1, -0.05) is 26.0 Å². The fourth-order valence-corrected chi connectivity index (χ4v) is 2.66. The van der Waals surface area contributed by atoms with E-state index < -0.39 is 0 Å². The maximum Gasteiger partial charge on any atom is 0.119 e. The average Bonchev–Trinajstić information content (AvgIpc) is 2.53. The number of nitrogens with zero attached hydrogens (tertiary/aromatic N) is 1. The molecule has 0 bridgehead atoms. The maximum absolute atomic E-state index is 5.93. The molecule has 1 aromatic carbocycles. The summed E-state index contributed by atoms with van der Waals surface area (Å²) in [6, 6.07) is 8.67. The van der Waals surface area contributed by atoms with Gasteiger partial charge in [-0.3, -0.25) is 4.90 Å². The van der Waals surface area contributed by atoms with Crippen molar-refractivity contribution >= 4 is 0 Å². The molecular weight excluding hydrogens is 264 g/mol. The van der Waals surface area contributed by atoms with Crippen molar-refractivity contribution in [2.24, 2.45) is 0 Å². The summed E-state index contributed by atoms with van der Waals surface area (Å²) in [7, 11) is 0. The van der Waals surface area contributed by atoms with Crippen molar-refractivity contribution in [1.29, 1.82) is 0 Å². The number of morpholine rings is 1. The van der Waals surface area contributed by atoms with Crippen LogP contribution in [0.2, 0.25) is 0 Å². The van der Waals surface area contributed by atoms with Crippen molar-refractivity contribution in [3.05, 3.63) is 29.8 Å². The molecule has 118 valence electrons. The van der Waals surface area contributed by atoms with E-state index in [4.69, 9.17) is 9.47 Å². The molecule has 2 rings (SSSR count). The van der Waals surface area contributed by atoms with E-state index in [2.05, 4.69) is 49.2 Å². The van der Waals surface area contributed by atoms with E-state index >= 15 is 0 Å². The van der Waals surface area contributed by atoms with E-state index in [0.717, 1.165) is 38.5 Å². The van der Waals surface area contributed by atoms with Crippen LogP contribution in [0.3, 0.4) is 0 Å². The van der Waals surface area contributed by atoms with Gasteiger partial charge in [-0.05, 0) is 37.7 Å². The number of nitrogens with one attached hydrogen (secondary N) is 1. The zero-order chi connectivity index (χ0) is 15.1. The predicted octanol–water partition coefficient (Wildman–Crippen LogP) is 2.46. The fourth-order valence-electron chi connectivity index (χ4n) is 2.66. The van der Waals surface area contributed by atoms with Crippen LogP contribution < -0.4 is 10.1 Å². The van der Waals surface area contributed by atoms with Crippen LogP contribution in [0.4, 0.5) is 0 Å². The van der Waals surface area contributed by atoms with E-state index in [-0.39, 0.29) is 6.10 Å². The second-order valence-corrected chi connectivity index (χ2v) is 5.55. The molecule has 0 saturated carbocycles. The number of rotatable bonds is 7. The smallest absolute Gasteiger partial charge is 0.119 e. The molecular formula is C17H28N2O2. The highest BCUT2D eigenvalue weighted by Crippen LogP contribution is 2.19. The van der Waals surface area contributed by atoms with Gasteiger partial charge in [0, 0.05) is 19.1 Å². The summed E-state index contributed by atoms with van der Waals surface area (Å²) < 4.78 is 11.7. The van der Waals surface area contributed by atoms with Crippen LogP contribution in [-0.4, -0.2) is 50.4 Å². The van der Waals surface area contributed by atoms with Gasteiger partial charge in [0.15, 0.2) is 0 Å². The third kappa shape index (κ3) is 4.99. The number of benzene rings is 1. The first kappa shape index (κ1) is 16.3. The van der Waals surface area contributed by atoms with Crippen LogP contribution >= 0.6 is 0 Å². The second kappa shape index (κ2) is 8.37. The largest absolute Gasteiger partial charge is 0.491 e. The van der Waals surface area contributed by atoms with Gasteiger partial charge in [0.1, 0.15) is 18.5 Å². The summed E-state index contributed by atoms with van der Waals surface area (Å²) in [5.41, 5.74) is 1.26. The molecule has 1 saturated heterocycles. The predicted molar refractivity (Wildman–Crippen MR) is 85.9 cm³/mol. The summed E-state index contributed by atoms with van der Waals surface area (Å²) in [5, 5.41) is 3.42. The Bertz CT molecular complexity index is 425. The lowest BCUT2D eigenvalue weighted by Crippen LogP contribution is -2.44. The normalized spacial score (nSPS) is 21.2. The van der Waals surface area contributed by atoms with Gasteiger partial charge < -0.3 is 14.8 Å². The summed E-state index contributed by atoms with van der Waals surface area (Å²) in [6.45, 7) is 11.9. The van der Waals surface area contributed by atoms with E-state index in [9.17, 15) is 0 Å². The summed E-state index contributed by atoms with van der Waals surface area (Å²) in [4.78, 5) is 2.40. The lowest BCUT2D eigenvalue weighted by atomic mass is 10.1. The topological polar surface area (TPSA) is 33.7 Å². The van der Waals surface area contributed by atoms with Gasteiger partial charge in [-0.2, -0.15) is 0 Å². The number of hydrogen-bond donors (Lipinski definition) is 1. The Morgan fingerprint density at radius 2 is 2.29 bits per heavy atom. The van der Waals surface area contributed by atoms with Crippen LogP contribution in [0.25, 0.3) is 0 Å². The molecule has 4 heteroatoms. The summed E-state index contributed by atoms with van der Waals surface area (Å²) in [6.07, 6.45) is 0.175.